The molecule has 0 bridgehead atoms. The van der Waals surface area contributed by atoms with Crippen molar-refractivity contribution in [2.75, 3.05) is 26.2 Å². The standard InChI is InChI=1S/C49H68N6O6S3Si2/c1-46(2,3)65(7,8)60-38-19-17-35(43-42(38)51-45(58)64-43)39(61-66(9,10)47(4,5)6)32-50-31-33-16-18-37-36(28-33)52-53-55(37)23-13-22-54-24-20-48(21-25-54)29-34(30-48)59-49(44(56)57,40-14-11-26-62-40)41-15-12-27-63-41/h11-12,14-19,26-28,34,39,50H,13,20-25,29-32H2,1-10H3,(H,51,58)(H,56,57)/t39-/m0/s1. The van der Waals surface area contributed by atoms with Gasteiger partial charge in [0.2, 0.25) is 5.60 Å². The van der Waals surface area contributed by atoms with Crippen LogP contribution in [0.25, 0.3) is 21.3 Å². The molecule has 1 saturated heterocycles. The van der Waals surface area contributed by atoms with Gasteiger partial charge in [-0.2, -0.15) is 0 Å². The van der Waals surface area contributed by atoms with Crippen molar-refractivity contribution in [3.05, 3.63) is 95.9 Å². The van der Waals surface area contributed by atoms with E-state index in [2.05, 4.69) is 118 Å². The Kier molecular flexibility index (Phi) is 13.9. The summed E-state index contributed by atoms with van der Waals surface area (Å²) in [4.78, 5) is 32.8. The smallest absolute Gasteiger partial charge is 0.347 e. The number of aromatic amines is 1. The van der Waals surface area contributed by atoms with Gasteiger partial charge in [0.1, 0.15) is 16.8 Å². The number of thiophene rings is 2. The van der Waals surface area contributed by atoms with Crippen LogP contribution < -0.4 is 14.6 Å². The second kappa shape index (κ2) is 18.8. The predicted octanol–water partition coefficient (Wildman–Crippen LogP) is 11.4. The van der Waals surface area contributed by atoms with Gasteiger partial charge in [0.05, 0.1) is 32.2 Å². The number of fused-ring (bicyclic) bond motifs is 2. The van der Waals surface area contributed by atoms with E-state index in [1.807, 2.05) is 45.8 Å². The highest BCUT2D eigenvalue weighted by Crippen LogP contribution is 2.54. The molecule has 66 heavy (non-hydrogen) atoms. The third-order valence-electron chi connectivity index (χ3n) is 15.0. The molecule has 6 aromatic rings. The average Bonchev–Trinajstić information content (AvgIpc) is 4.07. The summed E-state index contributed by atoms with van der Waals surface area (Å²) in [6.45, 7) is 27.5. The minimum Gasteiger partial charge on any atom is -0.542 e. The number of nitrogens with one attached hydrogen (secondary N) is 2. The number of thiazole rings is 1. The Bertz CT molecular complexity index is 2630. The summed E-state index contributed by atoms with van der Waals surface area (Å²) in [7, 11) is -4.38. The number of rotatable bonds is 18. The zero-order valence-corrected chi connectivity index (χ0v) is 44.7. The predicted molar refractivity (Wildman–Crippen MR) is 274 cm³/mol. The van der Waals surface area contributed by atoms with Crippen LogP contribution in [0.1, 0.15) is 101 Å². The number of nitrogens with zero attached hydrogens (tertiary/aromatic N) is 4. The Hall–Kier alpha value is -3.53. The number of carbonyl (C=O) groups is 1. The lowest BCUT2D eigenvalue weighted by atomic mass is 9.61. The Morgan fingerprint density at radius 1 is 0.939 bits per heavy atom. The minimum absolute atomic E-state index is 0.000323. The van der Waals surface area contributed by atoms with Crippen molar-refractivity contribution < 1.29 is 23.5 Å². The zero-order valence-electron chi connectivity index (χ0n) is 40.3. The molecule has 2 fully saturated rings. The largest absolute Gasteiger partial charge is 0.542 e. The lowest BCUT2D eigenvalue weighted by molar-refractivity contribution is -0.190. The third-order valence-corrected chi connectivity index (χ3v) is 26.7. The Morgan fingerprint density at radius 2 is 1.61 bits per heavy atom. The van der Waals surface area contributed by atoms with Crippen LogP contribution in [0.3, 0.4) is 0 Å². The number of aryl methyl sites for hydroxylation is 1. The molecule has 1 aliphatic carbocycles. The van der Waals surface area contributed by atoms with E-state index in [4.69, 9.17) is 13.6 Å². The summed E-state index contributed by atoms with van der Waals surface area (Å²) < 4.78 is 23.4. The number of hydrogen-bond acceptors (Lipinski definition) is 12. The highest BCUT2D eigenvalue weighted by Gasteiger charge is 2.54. The SMILES string of the molecule is CC(C)(C)[Si](C)(C)Oc1ccc([C@H](CNCc2ccc3c(c2)nnn3CCCN2CCC3(CC2)CC(OC(C(=O)O)(c2cccs2)c2cccs2)C3)O[Si](C)(C)C(C)(C)C)c2sc(=O)[nH]c12. The monoisotopic (exact) mass is 988 g/mol. The van der Waals surface area contributed by atoms with Gasteiger partial charge in [-0.3, -0.25) is 4.79 Å². The molecule has 5 heterocycles. The summed E-state index contributed by atoms with van der Waals surface area (Å²) in [5.74, 6) is -0.208. The first-order valence-corrected chi connectivity index (χ1v) is 31.8. The van der Waals surface area contributed by atoms with Crippen molar-refractivity contribution in [1.82, 2.24) is 30.2 Å². The number of likely N-dealkylation sites (tertiary alicyclic amines) is 1. The summed E-state index contributed by atoms with van der Waals surface area (Å²) in [5.41, 5.74) is 3.57. The van der Waals surface area contributed by atoms with E-state index in [0.29, 0.717) is 13.1 Å². The van der Waals surface area contributed by atoms with Gasteiger partial charge in [0, 0.05) is 25.2 Å². The van der Waals surface area contributed by atoms with Gasteiger partial charge in [0.25, 0.3) is 8.32 Å². The van der Waals surface area contributed by atoms with E-state index in [1.54, 1.807) is 0 Å². The minimum atomic E-state index is -2.22. The molecule has 0 radical (unpaired) electrons. The van der Waals surface area contributed by atoms with Crippen molar-refractivity contribution in [3.8, 4) is 5.75 Å². The molecule has 3 N–H and O–H groups in total. The van der Waals surface area contributed by atoms with E-state index in [9.17, 15) is 14.7 Å². The van der Waals surface area contributed by atoms with Gasteiger partial charge in [-0.1, -0.05) is 82.4 Å². The number of aromatic nitrogens is 4. The van der Waals surface area contributed by atoms with E-state index in [1.165, 1.54) is 34.0 Å². The van der Waals surface area contributed by atoms with Crippen molar-refractivity contribution in [3.63, 3.8) is 0 Å². The van der Waals surface area contributed by atoms with Crippen molar-refractivity contribution in [1.29, 1.82) is 0 Å². The second-order valence-corrected chi connectivity index (χ2v) is 34.0. The fourth-order valence-electron chi connectivity index (χ4n) is 8.98. The molecular weight excluding hydrogens is 921 g/mol. The average molecular weight is 989 g/mol. The first kappa shape index (κ1) is 48.9. The van der Waals surface area contributed by atoms with Gasteiger partial charge in [-0.25, -0.2) is 9.48 Å². The third kappa shape index (κ3) is 9.97. The summed E-state index contributed by atoms with van der Waals surface area (Å²) in [5, 5.41) is 27.2. The van der Waals surface area contributed by atoms with Gasteiger partial charge >= 0.3 is 10.8 Å². The van der Waals surface area contributed by atoms with Crippen LogP contribution in [-0.4, -0.2) is 84.9 Å². The van der Waals surface area contributed by atoms with Crippen molar-refractivity contribution >= 4 is 77.9 Å². The van der Waals surface area contributed by atoms with Crippen LogP contribution >= 0.6 is 34.0 Å². The molecule has 356 valence electrons. The van der Waals surface area contributed by atoms with Crippen molar-refractivity contribution in [2.24, 2.45) is 5.41 Å². The topological polar surface area (TPSA) is 144 Å². The van der Waals surface area contributed by atoms with E-state index in [-0.39, 0.29) is 32.6 Å². The van der Waals surface area contributed by atoms with Crippen LogP contribution in [0.5, 0.6) is 5.75 Å². The van der Waals surface area contributed by atoms with Gasteiger partial charge in [-0.15, -0.1) is 27.8 Å². The summed E-state index contributed by atoms with van der Waals surface area (Å²) in [6.07, 6.45) is 4.65. The Morgan fingerprint density at radius 3 is 2.21 bits per heavy atom. The fourth-order valence-corrected chi connectivity index (χ4v) is 14.0. The van der Waals surface area contributed by atoms with E-state index >= 15 is 0 Å². The quantitative estimate of drug-likeness (QED) is 0.0712. The van der Waals surface area contributed by atoms with E-state index in [0.717, 1.165) is 106 Å². The zero-order chi connectivity index (χ0) is 47.3. The maximum absolute atomic E-state index is 12.9. The first-order valence-electron chi connectivity index (χ1n) is 23.4. The lowest BCUT2D eigenvalue weighted by Gasteiger charge is -2.53. The highest BCUT2D eigenvalue weighted by molar-refractivity contribution is 7.16. The molecule has 1 atom stereocenters. The van der Waals surface area contributed by atoms with Gasteiger partial charge < -0.3 is 33.9 Å². The number of hydrogen-bond donors (Lipinski definition) is 3. The molecule has 4 aromatic heterocycles. The second-order valence-electron chi connectivity index (χ2n) is 21.7. The van der Waals surface area contributed by atoms with Crippen LogP contribution in [0.4, 0.5) is 0 Å². The highest BCUT2D eigenvalue weighted by atomic mass is 32.1. The number of benzene rings is 2. The summed E-state index contributed by atoms with van der Waals surface area (Å²) in [6, 6.07) is 18.1. The molecule has 17 heteroatoms. The molecule has 8 rings (SSSR count). The van der Waals surface area contributed by atoms with Crippen LogP contribution in [0.2, 0.25) is 36.3 Å². The van der Waals surface area contributed by atoms with Crippen LogP contribution in [0, 0.1) is 5.41 Å². The molecule has 1 spiro atoms. The number of H-pyrrole nitrogens is 1. The number of piperidine rings is 1. The van der Waals surface area contributed by atoms with Gasteiger partial charge in [-0.05, 0) is 140 Å². The normalized spacial score (nSPS) is 17.2. The molecular formula is C49H68N6O6S3Si2. The number of aliphatic carboxylic acids is 1. The molecule has 0 unspecified atom stereocenters. The molecule has 12 nitrogen and oxygen atoms in total. The molecule has 2 aliphatic rings. The van der Waals surface area contributed by atoms with Crippen LogP contribution in [0.15, 0.2) is 70.2 Å². The number of ether oxygens (including phenoxy) is 1. The maximum Gasteiger partial charge on any atom is 0.347 e. The Labute approximate surface area is 403 Å². The fraction of sp³-hybridized carbons (Fsp3) is 0.551. The van der Waals surface area contributed by atoms with Crippen molar-refractivity contribution in [2.45, 2.75) is 141 Å². The molecule has 2 aromatic carbocycles. The maximum atomic E-state index is 12.9. The number of carboxylic acid groups (broad SMARTS) is 1. The lowest BCUT2D eigenvalue weighted by Crippen LogP contribution is -2.53. The van der Waals surface area contributed by atoms with Gasteiger partial charge in [0.15, 0.2) is 8.32 Å². The Balaban J connectivity index is 0.853. The molecule has 1 saturated carbocycles. The summed E-state index contributed by atoms with van der Waals surface area (Å²) >= 11 is 4.12. The molecule has 1 aliphatic heterocycles. The van der Waals surface area contributed by atoms with E-state index < -0.39 is 28.2 Å². The van der Waals surface area contributed by atoms with Crippen LogP contribution in [-0.2, 0) is 32.6 Å². The first-order chi connectivity index (χ1) is 31.1. The molecule has 0 amide bonds. The number of carboxylic acids is 1.